The lowest BCUT2D eigenvalue weighted by atomic mass is 10.1. The summed E-state index contributed by atoms with van der Waals surface area (Å²) in [5.74, 6) is 0.893. The number of H-pyrrole nitrogens is 1. The second-order valence-electron chi connectivity index (χ2n) is 7.91. The minimum absolute atomic E-state index is 0.0268. The lowest BCUT2D eigenvalue weighted by molar-refractivity contribution is -0.131. The predicted octanol–water partition coefficient (Wildman–Crippen LogP) is 6.25. The van der Waals surface area contributed by atoms with Gasteiger partial charge in [-0.3, -0.25) is 5.10 Å². The van der Waals surface area contributed by atoms with E-state index < -0.39 is 5.97 Å². The molecule has 8 nitrogen and oxygen atoms in total. The molecule has 0 spiro atoms. The van der Waals surface area contributed by atoms with E-state index in [1.807, 2.05) is 31.2 Å². The number of nitrogens with zero attached hydrogens (tertiary/aromatic N) is 2. The Morgan fingerprint density at radius 3 is 2.46 bits per heavy atom. The summed E-state index contributed by atoms with van der Waals surface area (Å²) in [7, 11) is 3.07. The van der Waals surface area contributed by atoms with Gasteiger partial charge in [0.2, 0.25) is 5.16 Å². The van der Waals surface area contributed by atoms with Crippen molar-refractivity contribution in [3.63, 3.8) is 0 Å². The van der Waals surface area contributed by atoms with Gasteiger partial charge >= 0.3 is 5.97 Å². The van der Waals surface area contributed by atoms with Gasteiger partial charge in [0.1, 0.15) is 17.3 Å². The smallest absolute Gasteiger partial charge is 0.342 e. The molecule has 0 aliphatic heterocycles. The summed E-state index contributed by atoms with van der Waals surface area (Å²) in [6.07, 6.45) is 1.52. The maximum Gasteiger partial charge on any atom is 0.342 e. The number of rotatable bonds is 10. The first-order valence-electron chi connectivity index (χ1n) is 11.1. The maximum atomic E-state index is 12.0. The van der Waals surface area contributed by atoms with Crippen molar-refractivity contribution in [1.29, 1.82) is 0 Å². The van der Waals surface area contributed by atoms with Crippen molar-refractivity contribution in [2.24, 2.45) is 0 Å². The van der Waals surface area contributed by atoms with Crippen molar-refractivity contribution in [2.45, 2.75) is 18.7 Å². The van der Waals surface area contributed by atoms with Crippen molar-refractivity contribution in [2.75, 3.05) is 14.2 Å². The number of nitrogens with one attached hydrogen (secondary N) is 1. The summed E-state index contributed by atoms with van der Waals surface area (Å²) in [6.45, 7) is 2.41. The Hall–Kier alpha value is -3.95. The summed E-state index contributed by atoms with van der Waals surface area (Å²) in [6, 6.07) is 18.4. The molecular formula is C27H24ClN3O5S. The number of aliphatic carboxylic acids is 1. The zero-order chi connectivity index (χ0) is 26.4. The molecule has 4 rings (SSSR count). The van der Waals surface area contributed by atoms with Crippen molar-refractivity contribution >= 4 is 35.4 Å². The van der Waals surface area contributed by atoms with Crippen LogP contribution in [0.15, 0.2) is 70.7 Å². The molecule has 0 saturated heterocycles. The Bertz CT molecular complexity index is 1440. The van der Waals surface area contributed by atoms with Crippen LogP contribution in [0, 0.1) is 6.92 Å². The minimum atomic E-state index is -1.12. The number of ether oxygens (including phenoxy) is 3. The van der Waals surface area contributed by atoms with Crippen LogP contribution in [0.4, 0.5) is 0 Å². The maximum absolute atomic E-state index is 12.0. The average molecular weight is 538 g/mol. The van der Waals surface area contributed by atoms with E-state index in [0.717, 1.165) is 17.3 Å². The zero-order valence-corrected chi connectivity index (χ0v) is 21.9. The second kappa shape index (κ2) is 11.9. The molecule has 0 fully saturated rings. The fourth-order valence-corrected chi connectivity index (χ4v) is 4.28. The number of halogens is 1. The van der Waals surface area contributed by atoms with Gasteiger partial charge < -0.3 is 19.3 Å². The van der Waals surface area contributed by atoms with E-state index >= 15 is 0 Å². The topological polar surface area (TPSA) is 107 Å². The zero-order valence-electron chi connectivity index (χ0n) is 20.3. The Morgan fingerprint density at radius 1 is 1.03 bits per heavy atom. The van der Waals surface area contributed by atoms with E-state index in [-0.39, 0.29) is 10.1 Å². The highest BCUT2D eigenvalue weighted by molar-refractivity contribution is 8.04. The number of carboxylic acid groups (broad SMARTS) is 1. The van der Waals surface area contributed by atoms with E-state index in [9.17, 15) is 9.90 Å². The molecule has 3 aromatic carbocycles. The summed E-state index contributed by atoms with van der Waals surface area (Å²) in [5, 5.41) is 17.5. The van der Waals surface area contributed by atoms with E-state index in [1.54, 1.807) is 36.4 Å². The normalized spacial score (nSPS) is 11.3. The highest BCUT2D eigenvalue weighted by Crippen LogP contribution is 2.34. The second-order valence-corrected chi connectivity index (χ2v) is 9.36. The summed E-state index contributed by atoms with van der Waals surface area (Å²) in [4.78, 5) is 16.4. The lowest BCUT2D eigenvalue weighted by Crippen LogP contribution is -1.99. The van der Waals surface area contributed by atoms with Crippen molar-refractivity contribution in [3.05, 3.63) is 87.3 Å². The van der Waals surface area contributed by atoms with Gasteiger partial charge in [0, 0.05) is 5.02 Å². The van der Waals surface area contributed by atoms with Crippen LogP contribution < -0.4 is 14.2 Å². The molecule has 0 atom stereocenters. The number of carboxylic acids is 1. The third-order valence-electron chi connectivity index (χ3n) is 5.29. The van der Waals surface area contributed by atoms with Gasteiger partial charge in [0.05, 0.1) is 19.8 Å². The molecule has 0 unspecified atom stereocenters. The first kappa shape index (κ1) is 26.1. The standard InChI is InChI=1S/C27H24ClN3O5S/c1-16-4-6-17(7-5-16)15-36-22-10-8-18(12-23(22)35-3)13-24(26(32)33)37-27-29-25(30-31-27)20-14-19(28)9-11-21(20)34-2/h4-14H,15H2,1-3H3,(H,32,33)(H,29,30,31)/b24-13-. The Kier molecular flexibility index (Phi) is 8.37. The van der Waals surface area contributed by atoms with Gasteiger partial charge in [-0.2, -0.15) is 0 Å². The summed E-state index contributed by atoms with van der Waals surface area (Å²) < 4.78 is 16.8. The molecular weight excluding hydrogens is 514 g/mol. The largest absolute Gasteiger partial charge is 0.496 e. The SMILES string of the molecule is COc1cc(/C=C(\Sc2n[nH]c(-c3cc(Cl)ccc3OC)n2)C(=O)O)ccc1OCc1ccc(C)cc1. The molecule has 0 radical (unpaired) electrons. The molecule has 0 saturated carbocycles. The number of aromatic amines is 1. The van der Waals surface area contributed by atoms with Crippen molar-refractivity contribution in [3.8, 4) is 28.6 Å². The highest BCUT2D eigenvalue weighted by Gasteiger charge is 2.17. The van der Waals surface area contributed by atoms with Gasteiger partial charge in [-0.25, -0.2) is 9.78 Å². The van der Waals surface area contributed by atoms with Crippen LogP contribution in [-0.2, 0) is 11.4 Å². The molecule has 1 aromatic heterocycles. The van der Waals surface area contributed by atoms with Crippen LogP contribution in [0.3, 0.4) is 0 Å². The molecule has 0 aliphatic carbocycles. The third-order valence-corrected chi connectivity index (χ3v) is 6.41. The summed E-state index contributed by atoms with van der Waals surface area (Å²) >= 11 is 7.02. The van der Waals surface area contributed by atoms with Gasteiger partial charge in [-0.15, -0.1) is 5.10 Å². The molecule has 37 heavy (non-hydrogen) atoms. The van der Waals surface area contributed by atoms with Gasteiger partial charge in [0.25, 0.3) is 0 Å². The van der Waals surface area contributed by atoms with Gasteiger partial charge in [-0.05, 0) is 66.2 Å². The van der Waals surface area contributed by atoms with Crippen LogP contribution >= 0.6 is 23.4 Å². The first-order chi connectivity index (χ1) is 17.9. The minimum Gasteiger partial charge on any atom is -0.496 e. The molecule has 2 N–H and O–H groups in total. The third kappa shape index (κ3) is 6.63. The molecule has 1 heterocycles. The molecule has 190 valence electrons. The quantitative estimate of drug-likeness (QED) is 0.181. The Morgan fingerprint density at radius 2 is 1.76 bits per heavy atom. The van der Waals surface area contributed by atoms with E-state index in [4.69, 9.17) is 25.8 Å². The van der Waals surface area contributed by atoms with Crippen LogP contribution in [0.25, 0.3) is 17.5 Å². The van der Waals surface area contributed by atoms with E-state index in [0.29, 0.717) is 45.8 Å². The van der Waals surface area contributed by atoms with Crippen LogP contribution in [0.2, 0.25) is 5.02 Å². The summed E-state index contributed by atoms with van der Waals surface area (Å²) in [5.41, 5.74) is 3.44. The number of benzene rings is 3. The Labute approximate surface area is 223 Å². The number of methoxy groups -OCH3 is 2. The molecule has 4 aromatic rings. The van der Waals surface area contributed by atoms with E-state index in [1.165, 1.54) is 25.9 Å². The van der Waals surface area contributed by atoms with Crippen LogP contribution in [-0.4, -0.2) is 40.5 Å². The van der Waals surface area contributed by atoms with Gasteiger partial charge in [0.15, 0.2) is 17.3 Å². The number of hydrogen-bond acceptors (Lipinski definition) is 7. The first-order valence-corrected chi connectivity index (χ1v) is 12.3. The van der Waals surface area contributed by atoms with Crippen molar-refractivity contribution in [1.82, 2.24) is 15.2 Å². The molecule has 0 amide bonds. The van der Waals surface area contributed by atoms with Crippen LogP contribution in [0.5, 0.6) is 17.2 Å². The molecule has 0 aliphatic rings. The van der Waals surface area contributed by atoms with Crippen LogP contribution in [0.1, 0.15) is 16.7 Å². The lowest BCUT2D eigenvalue weighted by Gasteiger charge is -2.12. The number of aryl methyl sites for hydroxylation is 1. The number of aromatic nitrogens is 3. The molecule has 0 bridgehead atoms. The fraction of sp³-hybridized carbons (Fsp3) is 0.148. The monoisotopic (exact) mass is 537 g/mol. The fourth-order valence-electron chi connectivity index (χ4n) is 3.40. The predicted molar refractivity (Wildman–Crippen MR) is 143 cm³/mol. The average Bonchev–Trinajstić information content (AvgIpc) is 3.36. The van der Waals surface area contributed by atoms with Crippen molar-refractivity contribution < 1.29 is 24.1 Å². The van der Waals surface area contributed by atoms with Gasteiger partial charge in [-0.1, -0.05) is 47.5 Å². The number of thioether (sulfide) groups is 1. The number of carbonyl (C=O) groups is 1. The van der Waals surface area contributed by atoms with E-state index in [2.05, 4.69) is 15.2 Å². The number of hydrogen-bond donors (Lipinski definition) is 2. The molecule has 10 heteroatoms. The Balaban J connectivity index is 1.53. The highest BCUT2D eigenvalue weighted by atomic mass is 35.5.